The van der Waals surface area contributed by atoms with Gasteiger partial charge in [-0.25, -0.2) is 4.79 Å². The molecule has 4 rings (SSSR count). The van der Waals surface area contributed by atoms with Crippen LogP contribution in [0.5, 0.6) is 0 Å². The van der Waals surface area contributed by atoms with Gasteiger partial charge in [0.1, 0.15) is 0 Å². The van der Waals surface area contributed by atoms with Crippen molar-refractivity contribution in [1.82, 2.24) is 0 Å². The van der Waals surface area contributed by atoms with Crippen LogP contribution in [0.1, 0.15) is 22.7 Å². The van der Waals surface area contributed by atoms with Crippen LogP contribution in [0.2, 0.25) is 5.02 Å². The summed E-state index contributed by atoms with van der Waals surface area (Å²) in [5.74, 6) is -0.328. The average molecular weight is 390 g/mol. The molecule has 0 aromatic heterocycles. The first-order chi connectivity index (χ1) is 13.7. The van der Waals surface area contributed by atoms with E-state index in [1.807, 2.05) is 66.7 Å². The predicted molar refractivity (Wildman–Crippen MR) is 113 cm³/mol. The van der Waals surface area contributed by atoms with Crippen molar-refractivity contribution in [3.05, 3.63) is 107 Å². The summed E-state index contributed by atoms with van der Waals surface area (Å²) in [5, 5.41) is 0.687. The number of ether oxygens (including phenoxy) is 1. The molecule has 1 atom stereocenters. The van der Waals surface area contributed by atoms with Gasteiger partial charge in [-0.15, -0.1) is 0 Å². The van der Waals surface area contributed by atoms with E-state index in [0.29, 0.717) is 10.6 Å². The van der Waals surface area contributed by atoms with Crippen LogP contribution in [0.3, 0.4) is 0 Å². The van der Waals surface area contributed by atoms with Crippen LogP contribution >= 0.6 is 11.6 Å². The molecule has 140 valence electrons. The van der Waals surface area contributed by atoms with Gasteiger partial charge in [-0.05, 0) is 35.4 Å². The minimum atomic E-state index is -0.328. The number of anilines is 1. The molecule has 0 radical (unpaired) electrons. The van der Waals surface area contributed by atoms with Gasteiger partial charge in [-0.1, -0.05) is 72.3 Å². The molecule has 0 N–H and O–H groups in total. The van der Waals surface area contributed by atoms with Crippen molar-refractivity contribution in [2.45, 2.75) is 12.6 Å². The normalized spacial score (nSPS) is 15.6. The van der Waals surface area contributed by atoms with Crippen LogP contribution in [0.25, 0.3) is 5.57 Å². The highest BCUT2D eigenvalue weighted by atomic mass is 35.5. The summed E-state index contributed by atoms with van der Waals surface area (Å²) in [6.07, 6.45) is 1.99. The molecular formula is C24H20ClNO2. The number of esters is 1. The highest BCUT2D eigenvalue weighted by Crippen LogP contribution is 2.41. The van der Waals surface area contributed by atoms with Crippen molar-refractivity contribution in [2.75, 3.05) is 12.0 Å². The molecule has 3 nitrogen and oxygen atoms in total. The molecule has 0 fully saturated rings. The Kier molecular flexibility index (Phi) is 5.18. The van der Waals surface area contributed by atoms with Gasteiger partial charge < -0.3 is 9.64 Å². The first kappa shape index (κ1) is 18.3. The summed E-state index contributed by atoms with van der Waals surface area (Å²) in [7, 11) is 1.42. The van der Waals surface area contributed by atoms with Crippen molar-refractivity contribution in [2.24, 2.45) is 0 Å². The van der Waals surface area contributed by atoms with Gasteiger partial charge in [0.2, 0.25) is 0 Å². The Bertz CT molecular complexity index is 1010. The Morgan fingerprint density at radius 3 is 2.36 bits per heavy atom. The molecule has 1 heterocycles. The summed E-state index contributed by atoms with van der Waals surface area (Å²) in [4.78, 5) is 14.8. The zero-order valence-electron chi connectivity index (χ0n) is 15.5. The van der Waals surface area contributed by atoms with Crippen LogP contribution in [-0.4, -0.2) is 13.1 Å². The third kappa shape index (κ3) is 3.54. The molecule has 0 spiro atoms. The highest BCUT2D eigenvalue weighted by molar-refractivity contribution is 6.30. The van der Waals surface area contributed by atoms with E-state index >= 15 is 0 Å². The Balaban J connectivity index is 1.86. The van der Waals surface area contributed by atoms with E-state index in [-0.39, 0.29) is 12.0 Å². The van der Waals surface area contributed by atoms with E-state index in [2.05, 4.69) is 23.1 Å². The predicted octanol–water partition coefficient (Wildman–Crippen LogP) is 5.66. The zero-order valence-corrected chi connectivity index (χ0v) is 16.3. The fourth-order valence-electron chi connectivity index (χ4n) is 3.63. The number of fused-ring (bicyclic) bond motifs is 1. The molecule has 1 unspecified atom stereocenters. The van der Waals surface area contributed by atoms with Crippen LogP contribution in [-0.2, 0) is 16.1 Å². The fraction of sp³-hybridized carbons (Fsp3) is 0.125. The summed E-state index contributed by atoms with van der Waals surface area (Å²) < 4.78 is 5.06. The van der Waals surface area contributed by atoms with Gasteiger partial charge >= 0.3 is 5.97 Å². The van der Waals surface area contributed by atoms with Crippen molar-refractivity contribution in [1.29, 1.82) is 0 Å². The number of methoxy groups -OCH3 is 1. The number of hydrogen-bond acceptors (Lipinski definition) is 3. The molecular weight excluding hydrogens is 370 g/mol. The first-order valence-electron chi connectivity index (χ1n) is 9.13. The Labute approximate surface area is 169 Å². The lowest BCUT2D eigenvalue weighted by Crippen LogP contribution is -2.31. The number of carbonyl (C=O) groups excluding carboxylic acids is 1. The van der Waals surface area contributed by atoms with Crippen molar-refractivity contribution < 1.29 is 9.53 Å². The first-order valence-corrected chi connectivity index (χ1v) is 9.51. The van der Waals surface area contributed by atoms with E-state index < -0.39 is 0 Å². The summed E-state index contributed by atoms with van der Waals surface area (Å²) in [5.41, 5.74) is 4.74. The number of para-hydroxylation sites is 1. The molecule has 4 heteroatoms. The van der Waals surface area contributed by atoms with E-state index in [4.69, 9.17) is 16.3 Å². The molecule has 0 amide bonds. The molecule has 3 aromatic carbocycles. The highest BCUT2D eigenvalue weighted by Gasteiger charge is 2.30. The van der Waals surface area contributed by atoms with Gasteiger partial charge in [-0.3, -0.25) is 0 Å². The van der Waals surface area contributed by atoms with E-state index in [1.165, 1.54) is 12.7 Å². The number of carbonyl (C=O) groups is 1. The molecule has 0 saturated heterocycles. The third-order valence-electron chi connectivity index (χ3n) is 4.98. The topological polar surface area (TPSA) is 29.5 Å². The van der Waals surface area contributed by atoms with Crippen LogP contribution < -0.4 is 4.90 Å². The van der Waals surface area contributed by atoms with Gasteiger partial charge in [0.05, 0.1) is 18.7 Å². The van der Waals surface area contributed by atoms with E-state index in [0.717, 1.165) is 23.4 Å². The quantitative estimate of drug-likeness (QED) is 0.539. The van der Waals surface area contributed by atoms with Gasteiger partial charge in [0, 0.05) is 22.8 Å². The number of halogens is 1. The van der Waals surface area contributed by atoms with Gasteiger partial charge in [0.15, 0.2) is 0 Å². The van der Waals surface area contributed by atoms with Crippen LogP contribution in [0.4, 0.5) is 5.69 Å². The van der Waals surface area contributed by atoms with Crippen LogP contribution in [0, 0.1) is 0 Å². The van der Waals surface area contributed by atoms with E-state index in [9.17, 15) is 4.79 Å². The lowest BCUT2D eigenvalue weighted by Gasteiger charge is -2.37. The Morgan fingerprint density at radius 2 is 1.64 bits per heavy atom. The summed E-state index contributed by atoms with van der Waals surface area (Å²) in [6.45, 7) is 0.718. The lowest BCUT2D eigenvalue weighted by molar-refractivity contribution is -0.133. The summed E-state index contributed by atoms with van der Waals surface area (Å²) in [6, 6.07) is 25.9. The number of hydrogen-bond donors (Lipinski definition) is 0. The molecule has 1 aliphatic rings. The second kappa shape index (κ2) is 7.91. The van der Waals surface area contributed by atoms with Crippen molar-refractivity contribution >= 4 is 28.8 Å². The third-order valence-corrected chi connectivity index (χ3v) is 5.23. The molecule has 0 bridgehead atoms. The molecule has 0 saturated carbocycles. The van der Waals surface area contributed by atoms with Crippen molar-refractivity contribution in [3.63, 3.8) is 0 Å². The molecule has 0 aliphatic carbocycles. The minimum absolute atomic E-state index is 0.110. The lowest BCUT2D eigenvalue weighted by atomic mass is 9.91. The molecule has 1 aliphatic heterocycles. The molecule has 3 aromatic rings. The number of rotatable bonds is 4. The fourth-order valence-corrected chi connectivity index (χ4v) is 3.75. The zero-order chi connectivity index (χ0) is 19.5. The second-order valence-electron chi connectivity index (χ2n) is 6.70. The number of nitrogens with zero attached hydrogens (tertiary/aromatic N) is 1. The summed E-state index contributed by atoms with van der Waals surface area (Å²) >= 11 is 6.10. The van der Waals surface area contributed by atoms with Gasteiger partial charge in [0.25, 0.3) is 0 Å². The number of benzene rings is 3. The maximum Gasteiger partial charge on any atom is 0.338 e. The van der Waals surface area contributed by atoms with Crippen molar-refractivity contribution in [3.8, 4) is 0 Å². The standard InChI is InChI=1S/C24H20ClNO2/c1-28-24(27)21-15-23(18-11-13-19(25)14-12-18)26(16-17-7-3-2-4-8-17)22-10-6-5-9-20(21)22/h2-15,23H,16H2,1H3. The smallest absolute Gasteiger partial charge is 0.338 e. The van der Waals surface area contributed by atoms with E-state index in [1.54, 1.807) is 0 Å². The second-order valence-corrected chi connectivity index (χ2v) is 7.14. The maximum absolute atomic E-state index is 12.5. The monoisotopic (exact) mass is 389 g/mol. The van der Waals surface area contributed by atoms with Gasteiger partial charge in [-0.2, -0.15) is 0 Å². The largest absolute Gasteiger partial charge is 0.465 e. The Morgan fingerprint density at radius 1 is 0.964 bits per heavy atom. The molecule has 28 heavy (non-hydrogen) atoms. The Hall–Kier alpha value is -3.04. The maximum atomic E-state index is 12.5. The average Bonchev–Trinajstić information content (AvgIpc) is 2.75. The SMILES string of the molecule is COC(=O)C1=CC(c2ccc(Cl)cc2)N(Cc2ccccc2)c2ccccc21. The minimum Gasteiger partial charge on any atom is -0.465 e. The van der Waals surface area contributed by atoms with Crippen LogP contribution in [0.15, 0.2) is 84.9 Å².